The summed E-state index contributed by atoms with van der Waals surface area (Å²) in [4.78, 5) is 10.9. The summed E-state index contributed by atoms with van der Waals surface area (Å²) in [6.07, 6.45) is 2.02. The maximum Gasteiger partial charge on any atom is 0.406 e. The molecule has 0 saturated heterocycles. The van der Waals surface area contributed by atoms with E-state index in [0.717, 1.165) is 13.1 Å². The highest BCUT2D eigenvalue weighted by molar-refractivity contribution is 5.66. The Morgan fingerprint density at radius 1 is 1.40 bits per heavy atom. The van der Waals surface area contributed by atoms with Gasteiger partial charge in [-0.1, -0.05) is 27.2 Å². The second-order valence-corrected chi connectivity index (χ2v) is 4.52. The molecule has 0 aromatic rings. The van der Waals surface area contributed by atoms with Crippen molar-refractivity contribution >= 4 is 6.09 Å². The van der Waals surface area contributed by atoms with E-state index in [-0.39, 0.29) is 11.5 Å². The standard InChI is InChI=1S/C11H24N2O2/c1-5-6-7-13-8-11(2,3)9-15-10(14)12-4/h13H,5-9H2,1-4H3,(H,12,14). The normalized spacial score (nSPS) is 11.2. The van der Waals surface area contributed by atoms with Crippen LogP contribution in [0, 0.1) is 5.41 Å². The first-order chi connectivity index (χ1) is 7.02. The number of unbranched alkanes of at least 4 members (excludes halogenated alkanes) is 1. The van der Waals surface area contributed by atoms with E-state index in [2.05, 4.69) is 31.4 Å². The fraction of sp³-hybridized carbons (Fsp3) is 0.909. The molecule has 0 unspecified atom stereocenters. The summed E-state index contributed by atoms with van der Waals surface area (Å²) in [5, 5.41) is 5.79. The van der Waals surface area contributed by atoms with Gasteiger partial charge < -0.3 is 15.4 Å². The first-order valence-electron chi connectivity index (χ1n) is 5.57. The summed E-state index contributed by atoms with van der Waals surface area (Å²) in [5.74, 6) is 0. The van der Waals surface area contributed by atoms with E-state index < -0.39 is 0 Å². The van der Waals surface area contributed by atoms with Crippen LogP contribution in [0.4, 0.5) is 4.79 Å². The summed E-state index contributed by atoms with van der Waals surface area (Å²) in [7, 11) is 1.56. The number of hydrogen-bond donors (Lipinski definition) is 2. The third kappa shape index (κ3) is 8.24. The van der Waals surface area contributed by atoms with Crippen molar-refractivity contribution in [1.29, 1.82) is 0 Å². The highest BCUT2D eigenvalue weighted by atomic mass is 16.5. The first-order valence-corrected chi connectivity index (χ1v) is 5.57. The van der Waals surface area contributed by atoms with Crippen molar-refractivity contribution in [3.63, 3.8) is 0 Å². The second-order valence-electron chi connectivity index (χ2n) is 4.52. The molecule has 1 amide bonds. The molecule has 90 valence electrons. The van der Waals surface area contributed by atoms with E-state index in [1.54, 1.807) is 7.05 Å². The first kappa shape index (κ1) is 14.2. The van der Waals surface area contributed by atoms with Crippen LogP contribution >= 0.6 is 0 Å². The lowest BCUT2D eigenvalue weighted by atomic mass is 9.95. The molecule has 0 rings (SSSR count). The van der Waals surface area contributed by atoms with Crippen LogP contribution in [0.1, 0.15) is 33.6 Å². The molecular weight excluding hydrogens is 192 g/mol. The molecule has 0 atom stereocenters. The van der Waals surface area contributed by atoms with Gasteiger partial charge in [-0.3, -0.25) is 0 Å². The van der Waals surface area contributed by atoms with Gasteiger partial charge in [-0.05, 0) is 13.0 Å². The number of amides is 1. The molecule has 0 radical (unpaired) electrons. The largest absolute Gasteiger partial charge is 0.449 e. The van der Waals surface area contributed by atoms with Crippen molar-refractivity contribution in [2.75, 3.05) is 26.7 Å². The minimum absolute atomic E-state index is 0.0136. The van der Waals surface area contributed by atoms with E-state index in [1.165, 1.54) is 12.8 Å². The van der Waals surface area contributed by atoms with E-state index >= 15 is 0 Å². The predicted molar refractivity (Wildman–Crippen MR) is 62.0 cm³/mol. The minimum Gasteiger partial charge on any atom is -0.449 e. The number of hydrogen-bond acceptors (Lipinski definition) is 3. The fourth-order valence-corrected chi connectivity index (χ4v) is 1.11. The van der Waals surface area contributed by atoms with Crippen LogP contribution in [0.5, 0.6) is 0 Å². The quantitative estimate of drug-likeness (QED) is 0.638. The van der Waals surface area contributed by atoms with Crippen LogP contribution in [0.25, 0.3) is 0 Å². The van der Waals surface area contributed by atoms with Crippen LogP contribution < -0.4 is 10.6 Å². The highest BCUT2D eigenvalue weighted by Crippen LogP contribution is 2.13. The van der Waals surface area contributed by atoms with Crippen molar-refractivity contribution in [3.8, 4) is 0 Å². The zero-order valence-corrected chi connectivity index (χ0v) is 10.4. The lowest BCUT2D eigenvalue weighted by Gasteiger charge is -2.24. The van der Waals surface area contributed by atoms with Gasteiger partial charge in [0, 0.05) is 19.0 Å². The van der Waals surface area contributed by atoms with Gasteiger partial charge >= 0.3 is 6.09 Å². The smallest absolute Gasteiger partial charge is 0.406 e. The lowest BCUT2D eigenvalue weighted by molar-refractivity contribution is 0.0997. The Morgan fingerprint density at radius 2 is 2.07 bits per heavy atom. The molecule has 0 aliphatic rings. The molecular formula is C11H24N2O2. The molecule has 0 fully saturated rings. The van der Waals surface area contributed by atoms with Crippen molar-refractivity contribution in [2.24, 2.45) is 5.41 Å². The Morgan fingerprint density at radius 3 is 2.60 bits per heavy atom. The van der Waals surface area contributed by atoms with Gasteiger partial charge in [0.1, 0.15) is 0 Å². The zero-order valence-electron chi connectivity index (χ0n) is 10.4. The molecule has 4 heteroatoms. The van der Waals surface area contributed by atoms with Gasteiger partial charge in [0.05, 0.1) is 6.61 Å². The summed E-state index contributed by atoms with van der Waals surface area (Å²) >= 11 is 0. The topological polar surface area (TPSA) is 50.4 Å². The average Bonchev–Trinajstić information content (AvgIpc) is 2.21. The van der Waals surface area contributed by atoms with Gasteiger partial charge in [-0.25, -0.2) is 4.79 Å². The lowest BCUT2D eigenvalue weighted by Crippen LogP contribution is -2.35. The molecule has 2 N–H and O–H groups in total. The highest BCUT2D eigenvalue weighted by Gasteiger charge is 2.19. The molecule has 0 aliphatic carbocycles. The van der Waals surface area contributed by atoms with Crippen LogP contribution in [-0.4, -0.2) is 32.8 Å². The third-order valence-corrected chi connectivity index (χ3v) is 2.11. The minimum atomic E-state index is -0.364. The second kappa shape index (κ2) is 7.51. The van der Waals surface area contributed by atoms with E-state index in [9.17, 15) is 4.79 Å². The maximum absolute atomic E-state index is 10.9. The third-order valence-electron chi connectivity index (χ3n) is 2.11. The van der Waals surface area contributed by atoms with E-state index in [4.69, 9.17) is 4.74 Å². The summed E-state index contributed by atoms with van der Waals surface area (Å²) in [6.45, 7) is 8.65. The summed E-state index contributed by atoms with van der Waals surface area (Å²) in [5.41, 5.74) is -0.0136. The maximum atomic E-state index is 10.9. The number of nitrogens with one attached hydrogen (secondary N) is 2. The Hall–Kier alpha value is -0.770. The van der Waals surface area contributed by atoms with Crippen LogP contribution in [0.2, 0.25) is 0 Å². The predicted octanol–water partition coefficient (Wildman–Crippen LogP) is 1.76. The Balaban J connectivity index is 3.61. The van der Waals surface area contributed by atoms with Crippen LogP contribution in [0.15, 0.2) is 0 Å². The molecule has 0 saturated carbocycles. The Bertz CT molecular complexity index is 181. The van der Waals surface area contributed by atoms with E-state index in [1.807, 2.05) is 0 Å². The van der Waals surface area contributed by atoms with Crippen LogP contribution in [-0.2, 0) is 4.74 Å². The van der Waals surface area contributed by atoms with Gasteiger partial charge in [0.25, 0.3) is 0 Å². The molecule has 0 spiro atoms. The van der Waals surface area contributed by atoms with Gasteiger partial charge in [0.15, 0.2) is 0 Å². The molecule has 0 bridgehead atoms. The van der Waals surface area contributed by atoms with Gasteiger partial charge in [-0.15, -0.1) is 0 Å². The number of carbonyl (C=O) groups excluding carboxylic acids is 1. The summed E-state index contributed by atoms with van der Waals surface area (Å²) < 4.78 is 5.02. The van der Waals surface area contributed by atoms with Gasteiger partial charge in [0.2, 0.25) is 0 Å². The van der Waals surface area contributed by atoms with Crippen molar-refractivity contribution in [1.82, 2.24) is 10.6 Å². The van der Waals surface area contributed by atoms with Crippen molar-refractivity contribution < 1.29 is 9.53 Å². The van der Waals surface area contributed by atoms with Gasteiger partial charge in [-0.2, -0.15) is 0 Å². The number of carbonyl (C=O) groups is 1. The molecule has 0 aromatic carbocycles. The molecule has 0 aliphatic heterocycles. The molecule has 0 aromatic heterocycles. The van der Waals surface area contributed by atoms with Crippen LogP contribution in [0.3, 0.4) is 0 Å². The van der Waals surface area contributed by atoms with Crippen molar-refractivity contribution in [3.05, 3.63) is 0 Å². The number of ether oxygens (including phenoxy) is 1. The Kier molecular flexibility index (Phi) is 7.13. The monoisotopic (exact) mass is 216 g/mol. The zero-order chi connectivity index (χ0) is 11.7. The molecule has 0 heterocycles. The molecule has 4 nitrogen and oxygen atoms in total. The fourth-order valence-electron chi connectivity index (χ4n) is 1.11. The number of rotatable bonds is 7. The van der Waals surface area contributed by atoms with Crippen molar-refractivity contribution in [2.45, 2.75) is 33.6 Å². The SMILES string of the molecule is CCCCNCC(C)(C)COC(=O)NC. The van der Waals surface area contributed by atoms with E-state index in [0.29, 0.717) is 6.61 Å². The average molecular weight is 216 g/mol. The summed E-state index contributed by atoms with van der Waals surface area (Å²) in [6, 6.07) is 0. The molecule has 15 heavy (non-hydrogen) atoms. The number of alkyl carbamates (subject to hydrolysis) is 1. The Labute approximate surface area is 92.8 Å².